The molecule has 0 aliphatic heterocycles. The van der Waals surface area contributed by atoms with Gasteiger partial charge in [-0.1, -0.05) is 42.1 Å². The molecule has 1 aliphatic rings. The Morgan fingerprint density at radius 2 is 1.94 bits per heavy atom. The first-order valence-electron chi connectivity index (χ1n) is 10.3. The molecule has 1 N–H and O–H groups in total. The molecule has 1 amide bonds. The fourth-order valence-corrected chi connectivity index (χ4v) is 6.11. The Morgan fingerprint density at radius 3 is 2.75 bits per heavy atom. The first kappa shape index (κ1) is 20.8. The van der Waals surface area contributed by atoms with Crippen LogP contribution in [-0.2, 0) is 17.6 Å². The van der Waals surface area contributed by atoms with E-state index in [0.29, 0.717) is 16.6 Å². The van der Waals surface area contributed by atoms with Crippen LogP contribution in [0.3, 0.4) is 0 Å². The number of hydrogen-bond donors (Lipinski definition) is 1. The van der Waals surface area contributed by atoms with Gasteiger partial charge in [0.2, 0.25) is 5.91 Å². The van der Waals surface area contributed by atoms with Gasteiger partial charge in [-0.15, -0.1) is 11.3 Å². The van der Waals surface area contributed by atoms with Crippen molar-refractivity contribution in [2.24, 2.45) is 0 Å². The molecule has 2 aromatic carbocycles. The zero-order chi connectivity index (χ0) is 22.1. The van der Waals surface area contributed by atoms with E-state index < -0.39 is 0 Å². The predicted octanol–water partition coefficient (Wildman–Crippen LogP) is 4.68. The number of para-hydroxylation sites is 3. The molecule has 0 saturated heterocycles. The summed E-state index contributed by atoms with van der Waals surface area (Å²) in [7, 11) is 1.57. The quantitative estimate of drug-likeness (QED) is 0.332. The first-order valence-corrected chi connectivity index (χ1v) is 12.1. The number of hydrogen-bond acceptors (Lipinski definition) is 6. The molecule has 162 valence electrons. The third kappa shape index (κ3) is 3.80. The van der Waals surface area contributed by atoms with E-state index in [1.54, 1.807) is 35.1 Å². The Kier molecular flexibility index (Phi) is 5.71. The Bertz CT molecular complexity index is 1360. The van der Waals surface area contributed by atoms with Crippen LogP contribution in [0.2, 0.25) is 0 Å². The van der Waals surface area contributed by atoms with Crippen LogP contribution in [0.5, 0.6) is 5.75 Å². The summed E-state index contributed by atoms with van der Waals surface area (Å²) in [6.07, 6.45) is 3.02. The lowest BCUT2D eigenvalue weighted by Gasteiger charge is -2.13. The number of rotatable bonds is 6. The molecular weight excluding hydrogens is 442 g/mol. The van der Waals surface area contributed by atoms with E-state index in [4.69, 9.17) is 9.72 Å². The van der Waals surface area contributed by atoms with E-state index in [-0.39, 0.29) is 17.2 Å². The van der Waals surface area contributed by atoms with Crippen molar-refractivity contribution >= 4 is 44.9 Å². The van der Waals surface area contributed by atoms with Gasteiger partial charge in [0.05, 0.1) is 29.6 Å². The summed E-state index contributed by atoms with van der Waals surface area (Å²) in [6, 6.07) is 16.8. The number of ether oxygens (including phenoxy) is 1. The molecule has 0 fully saturated rings. The van der Waals surface area contributed by atoms with Crippen molar-refractivity contribution in [1.82, 2.24) is 9.55 Å². The number of anilines is 1. The van der Waals surface area contributed by atoms with Gasteiger partial charge in [-0.2, -0.15) is 0 Å². The van der Waals surface area contributed by atoms with Crippen LogP contribution in [-0.4, -0.2) is 28.3 Å². The van der Waals surface area contributed by atoms with Crippen LogP contribution >= 0.6 is 23.1 Å². The molecule has 0 atom stereocenters. The fraction of sp³-hybridized carbons (Fsp3) is 0.208. The number of fused-ring (bicyclic) bond motifs is 3. The van der Waals surface area contributed by atoms with Gasteiger partial charge in [0.25, 0.3) is 5.56 Å². The van der Waals surface area contributed by atoms with Crippen molar-refractivity contribution < 1.29 is 9.53 Å². The van der Waals surface area contributed by atoms with Crippen molar-refractivity contribution in [2.45, 2.75) is 24.4 Å². The number of carbonyl (C=O) groups excluding carboxylic acids is 1. The third-order valence-corrected chi connectivity index (χ3v) is 7.56. The van der Waals surface area contributed by atoms with Crippen molar-refractivity contribution in [3.8, 4) is 11.4 Å². The number of methoxy groups -OCH3 is 1. The SMILES string of the molecule is COc1ccccc1NC(=O)CSc1nc2sc3c(c2c(=O)n1-c1ccccc1)CCC3. The summed E-state index contributed by atoms with van der Waals surface area (Å²) in [5.74, 6) is 0.523. The molecule has 8 heteroatoms. The van der Waals surface area contributed by atoms with Crippen molar-refractivity contribution in [1.29, 1.82) is 0 Å². The number of nitrogens with one attached hydrogen (secondary N) is 1. The number of aryl methyl sites for hydroxylation is 2. The molecule has 2 heterocycles. The van der Waals surface area contributed by atoms with Gasteiger partial charge in [0.1, 0.15) is 10.6 Å². The second-order valence-electron chi connectivity index (χ2n) is 7.45. The molecule has 5 rings (SSSR count). The third-order valence-electron chi connectivity index (χ3n) is 5.44. The van der Waals surface area contributed by atoms with E-state index in [1.165, 1.54) is 16.6 Å². The maximum absolute atomic E-state index is 13.6. The monoisotopic (exact) mass is 463 g/mol. The van der Waals surface area contributed by atoms with Gasteiger partial charge in [0, 0.05) is 4.88 Å². The molecule has 0 saturated carbocycles. The summed E-state index contributed by atoms with van der Waals surface area (Å²) in [6.45, 7) is 0. The molecule has 0 spiro atoms. The van der Waals surface area contributed by atoms with Crippen LogP contribution in [0.1, 0.15) is 16.9 Å². The minimum absolute atomic E-state index is 0.0618. The van der Waals surface area contributed by atoms with E-state index in [2.05, 4.69) is 5.32 Å². The fourth-order valence-electron chi connectivity index (χ4n) is 3.99. The molecule has 32 heavy (non-hydrogen) atoms. The number of nitrogens with zero attached hydrogens (tertiary/aromatic N) is 2. The van der Waals surface area contributed by atoms with Crippen LogP contribution in [0.25, 0.3) is 15.9 Å². The number of amides is 1. The predicted molar refractivity (Wildman–Crippen MR) is 130 cm³/mol. The highest BCUT2D eigenvalue weighted by molar-refractivity contribution is 7.99. The molecule has 6 nitrogen and oxygen atoms in total. The zero-order valence-electron chi connectivity index (χ0n) is 17.5. The van der Waals surface area contributed by atoms with Crippen LogP contribution in [0.15, 0.2) is 64.5 Å². The molecule has 0 bridgehead atoms. The minimum atomic E-state index is -0.192. The van der Waals surface area contributed by atoms with E-state index >= 15 is 0 Å². The van der Waals surface area contributed by atoms with Gasteiger partial charge >= 0.3 is 0 Å². The molecule has 1 aliphatic carbocycles. The van der Waals surface area contributed by atoms with Crippen LogP contribution in [0.4, 0.5) is 5.69 Å². The van der Waals surface area contributed by atoms with Gasteiger partial charge < -0.3 is 10.1 Å². The first-order chi connectivity index (χ1) is 15.7. The summed E-state index contributed by atoms with van der Waals surface area (Å²) >= 11 is 2.86. The molecule has 4 aromatic rings. The van der Waals surface area contributed by atoms with Gasteiger partial charge in [-0.3, -0.25) is 14.2 Å². The molecule has 0 unspecified atom stereocenters. The van der Waals surface area contributed by atoms with Crippen molar-refractivity contribution in [3.63, 3.8) is 0 Å². The molecule has 2 aromatic heterocycles. The van der Waals surface area contributed by atoms with E-state index in [9.17, 15) is 9.59 Å². The standard InChI is InChI=1S/C24H21N3O3S2/c1-30-18-12-6-5-11-17(18)25-20(28)14-31-24-26-22-21(16-10-7-13-19(16)32-22)23(29)27(24)15-8-3-2-4-9-15/h2-6,8-9,11-12H,7,10,13-14H2,1H3,(H,25,28). The van der Waals surface area contributed by atoms with E-state index in [1.807, 2.05) is 42.5 Å². The average molecular weight is 464 g/mol. The number of thioether (sulfide) groups is 1. The smallest absolute Gasteiger partial charge is 0.267 e. The summed E-state index contributed by atoms with van der Waals surface area (Å²) in [5, 5.41) is 4.13. The highest BCUT2D eigenvalue weighted by Crippen LogP contribution is 2.36. The Morgan fingerprint density at radius 1 is 1.16 bits per heavy atom. The summed E-state index contributed by atoms with van der Waals surface area (Å²) in [5.41, 5.74) is 2.45. The number of aromatic nitrogens is 2. The lowest BCUT2D eigenvalue weighted by molar-refractivity contribution is -0.113. The van der Waals surface area contributed by atoms with Gasteiger partial charge in [0.15, 0.2) is 5.16 Å². The minimum Gasteiger partial charge on any atom is -0.495 e. The van der Waals surface area contributed by atoms with Gasteiger partial charge in [-0.05, 0) is 49.1 Å². The van der Waals surface area contributed by atoms with Crippen LogP contribution < -0.4 is 15.6 Å². The Labute approximate surface area is 193 Å². The lowest BCUT2D eigenvalue weighted by Crippen LogP contribution is -2.23. The average Bonchev–Trinajstić information content (AvgIpc) is 3.39. The largest absolute Gasteiger partial charge is 0.495 e. The Hall–Kier alpha value is -3.10. The number of thiophene rings is 1. The number of benzene rings is 2. The molecular formula is C24H21N3O3S2. The van der Waals surface area contributed by atoms with Gasteiger partial charge in [-0.25, -0.2) is 4.98 Å². The normalized spacial score (nSPS) is 12.7. The van der Waals surface area contributed by atoms with Crippen molar-refractivity contribution in [3.05, 3.63) is 75.4 Å². The highest BCUT2D eigenvalue weighted by atomic mass is 32.2. The van der Waals surface area contributed by atoms with E-state index in [0.717, 1.165) is 40.7 Å². The molecule has 0 radical (unpaired) electrons. The second-order valence-corrected chi connectivity index (χ2v) is 9.47. The Balaban J connectivity index is 1.49. The van der Waals surface area contributed by atoms with Crippen LogP contribution in [0, 0.1) is 0 Å². The number of carbonyl (C=O) groups is 1. The summed E-state index contributed by atoms with van der Waals surface area (Å²) < 4.78 is 6.94. The zero-order valence-corrected chi connectivity index (χ0v) is 19.1. The topological polar surface area (TPSA) is 73.2 Å². The maximum Gasteiger partial charge on any atom is 0.267 e. The van der Waals surface area contributed by atoms with Crippen molar-refractivity contribution in [2.75, 3.05) is 18.2 Å². The summed E-state index contributed by atoms with van der Waals surface area (Å²) in [4.78, 5) is 33.1. The lowest BCUT2D eigenvalue weighted by atomic mass is 10.2. The maximum atomic E-state index is 13.6. The highest BCUT2D eigenvalue weighted by Gasteiger charge is 2.24. The second kappa shape index (κ2) is 8.80.